The van der Waals surface area contributed by atoms with Crippen molar-refractivity contribution in [2.45, 2.75) is 45.6 Å². The molecular formula is C13H19N3O2. The lowest BCUT2D eigenvalue weighted by molar-refractivity contribution is 0.0690. The zero-order valence-electron chi connectivity index (χ0n) is 10.8. The van der Waals surface area contributed by atoms with Gasteiger partial charge in [0.25, 0.3) is 0 Å². The first-order chi connectivity index (χ1) is 8.49. The van der Waals surface area contributed by atoms with E-state index < -0.39 is 5.97 Å². The number of hydrogen-bond donors (Lipinski definition) is 2. The van der Waals surface area contributed by atoms with E-state index in [0.29, 0.717) is 11.9 Å². The minimum absolute atomic E-state index is 0.0198. The van der Waals surface area contributed by atoms with Crippen LogP contribution >= 0.6 is 0 Å². The van der Waals surface area contributed by atoms with Crippen LogP contribution in [0.2, 0.25) is 0 Å². The lowest BCUT2D eigenvalue weighted by Gasteiger charge is -2.39. The predicted molar refractivity (Wildman–Crippen MR) is 68.7 cm³/mol. The van der Waals surface area contributed by atoms with Gasteiger partial charge in [-0.1, -0.05) is 26.7 Å². The second kappa shape index (κ2) is 4.92. The third kappa shape index (κ3) is 2.78. The number of hydrogen-bond acceptors (Lipinski definition) is 4. The van der Waals surface area contributed by atoms with Gasteiger partial charge in [0.2, 0.25) is 0 Å². The summed E-state index contributed by atoms with van der Waals surface area (Å²) in [6.45, 7) is 4.47. The van der Waals surface area contributed by atoms with Gasteiger partial charge in [-0.3, -0.25) is 4.98 Å². The molecule has 1 heterocycles. The highest BCUT2D eigenvalue weighted by Gasteiger charge is 2.32. The molecular weight excluding hydrogens is 230 g/mol. The lowest BCUT2D eigenvalue weighted by Crippen LogP contribution is -2.39. The monoisotopic (exact) mass is 249 g/mol. The Balaban J connectivity index is 2.13. The van der Waals surface area contributed by atoms with Gasteiger partial charge >= 0.3 is 5.97 Å². The molecule has 5 heteroatoms. The molecule has 1 aromatic rings. The fourth-order valence-electron chi connectivity index (χ4n) is 2.48. The van der Waals surface area contributed by atoms with Crippen molar-refractivity contribution in [1.29, 1.82) is 0 Å². The van der Waals surface area contributed by atoms with Crippen molar-refractivity contribution < 1.29 is 9.90 Å². The molecule has 1 aromatic heterocycles. The van der Waals surface area contributed by atoms with Gasteiger partial charge in [0.05, 0.1) is 12.4 Å². The molecule has 1 saturated carbocycles. The van der Waals surface area contributed by atoms with Crippen LogP contribution in [0.1, 0.15) is 50.0 Å². The molecule has 5 nitrogen and oxygen atoms in total. The molecule has 0 bridgehead atoms. The number of aromatic nitrogens is 2. The van der Waals surface area contributed by atoms with Gasteiger partial charge < -0.3 is 10.4 Å². The average molecular weight is 249 g/mol. The van der Waals surface area contributed by atoms with Crippen LogP contribution in [-0.2, 0) is 0 Å². The molecule has 0 aromatic carbocycles. The molecule has 18 heavy (non-hydrogen) atoms. The van der Waals surface area contributed by atoms with Crippen LogP contribution in [0.5, 0.6) is 0 Å². The molecule has 98 valence electrons. The predicted octanol–water partition coefficient (Wildman–Crippen LogP) is 2.56. The summed E-state index contributed by atoms with van der Waals surface area (Å²) >= 11 is 0. The second-order valence-corrected chi connectivity index (χ2v) is 5.53. The minimum Gasteiger partial charge on any atom is -0.476 e. The van der Waals surface area contributed by atoms with Crippen LogP contribution in [0, 0.1) is 5.41 Å². The number of aromatic carboxylic acids is 1. The van der Waals surface area contributed by atoms with Gasteiger partial charge in [-0.05, 0) is 18.3 Å². The van der Waals surface area contributed by atoms with Crippen LogP contribution in [-0.4, -0.2) is 27.1 Å². The Morgan fingerprint density at radius 2 is 2.22 bits per heavy atom. The van der Waals surface area contributed by atoms with E-state index in [2.05, 4.69) is 29.1 Å². The zero-order chi connectivity index (χ0) is 13.2. The van der Waals surface area contributed by atoms with Crippen LogP contribution in [0.3, 0.4) is 0 Å². The van der Waals surface area contributed by atoms with Gasteiger partial charge in [0.15, 0.2) is 5.69 Å². The van der Waals surface area contributed by atoms with E-state index in [-0.39, 0.29) is 11.1 Å². The van der Waals surface area contributed by atoms with Gasteiger partial charge in [-0.15, -0.1) is 0 Å². The maximum atomic E-state index is 10.8. The topological polar surface area (TPSA) is 75.1 Å². The van der Waals surface area contributed by atoms with Crippen LogP contribution in [0.15, 0.2) is 12.4 Å². The van der Waals surface area contributed by atoms with Crippen molar-refractivity contribution in [2.75, 3.05) is 5.32 Å². The SMILES string of the molecule is CC1(C)CCCCC1Nc1cncc(C(=O)O)n1. The van der Waals surface area contributed by atoms with Crippen molar-refractivity contribution >= 4 is 11.8 Å². The van der Waals surface area contributed by atoms with Crippen molar-refractivity contribution in [3.63, 3.8) is 0 Å². The molecule has 1 aliphatic rings. The van der Waals surface area contributed by atoms with Crippen LogP contribution in [0.25, 0.3) is 0 Å². The van der Waals surface area contributed by atoms with E-state index in [4.69, 9.17) is 5.11 Å². The minimum atomic E-state index is -1.05. The molecule has 0 aliphatic heterocycles. The summed E-state index contributed by atoms with van der Waals surface area (Å²) in [5.41, 5.74) is 0.188. The van der Waals surface area contributed by atoms with E-state index in [1.54, 1.807) is 6.20 Å². The highest BCUT2D eigenvalue weighted by molar-refractivity contribution is 5.85. The summed E-state index contributed by atoms with van der Waals surface area (Å²) in [6.07, 6.45) is 7.57. The van der Waals surface area contributed by atoms with Gasteiger partial charge in [-0.2, -0.15) is 0 Å². The highest BCUT2D eigenvalue weighted by atomic mass is 16.4. The molecule has 0 amide bonds. The summed E-state index contributed by atoms with van der Waals surface area (Å²) in [6, 6.07) is 0.324. The van der Waals surface area contributed by atoms with Crippen molar-refractivity contribution in [3.05, 3.63) is 18.1 Å². The number of anilines is 1. The number of nitrogens with zero attached hydrogens (tertiary/aromatic N) is 2. The summed E-state index contributed by atoms with van der Waals surface area (Å²) in [4.78, 5) is 18.8. The van der Waals surface area contributed by atoms with E-state index in [0.717, 1.165) is 6.42 Å². The Kier molecular flexibility index (Phi) is 3.50. The first-order valence-electron chi connectivity index (χ1n) is 6.31. The maximum Gasteiger partial charge on any atom is 0.356 e. The van der Waals surface area contributed by atoms with Crippen LogP contribution in [0.4, 0.5) is 5.82 Å². The van der Waals surface area contributed by atoms with Crippen molar-refractivity contribution in [3.8, 4) is 0 Å². The molecule has 1 fully saturated rings. The smallest absolute Gasteiger partial charge is 0.356 e. The summed E-state index contributed by atoms with van der Waals surface area (Å²) < 4.78 is 0. The third-order valence-corrected chi connectivity index (χ3v) is 3.68. The standard InChI is InChI=1S/C13H19N3O2/c1-13(2)6-4-3-5-10(13)16-11-8-14-7-9(15-11)12(17)18/h7-8,10H,3-6H2,1-2H3,(H,15,16)(H,17,18). The molecule has 1 atom stereocenters. The second-order valence-electron chi connectivity index (χ2n) is 5.53. The Morgan fingerprint density at radius 3 is 2.89 bits per heavy atom. The van der Waals surface area contributed by atoms with E-state index in [1.807, 2.05) is 0 Å². The Bertz CT molecular complexity index is 446. The largest absolute Gasteiger partial charge is 0.476 e. The first kappa shape index (κ1) is 12.8. The molecule has 1 aliphatic carbocycles. The fourth-order valence-corrected chi connectivity index (χ4v) is 2.48. The number of rotatable bonds is 3. The highest BCUT2D eigenvalue weighted by Crippen LogP contribution is 2.36. The number of nitrogens with one attached hydrogen (secondary N) is 1. The summed E-state index contributed by atoms with van der Waals surface area (Å²) in [5, 5.41) is 12.2. The van der Waals surface area contributed by atoms with Crippen molar-refractivity contribution in [1.82, 2.24) is 9.97 Å². The third-order valence-electron chi connectivity index (χ3n) is 3.68. The summed E-state index contributed by atoms with van der Waals surface area (Å²) in [7, 11) is 0. The van der Waals surface area contributed by atoms with Gasteiger partial charge in [0.1, 0.15) is 5.82 Å². The molecule has 0 saturated heterocycles. The number of carbonyl (C=O) groups is 1. The van der Waals surface area contributed by atoms with E-state index >= 15 is 0 Å². The molecule has 2 N–H and O–H groups in total. The Hall–Kier alpha value is -1.65. The summed E-state index contributed by atoms with van der Waals surface area (Å²) in [5.74, 6) is -0.496. The molecule has 0 radical (unpaired) electrons. The number of carboxylic acids is 1. The van der Waals surface area contributed by atoms with E-state index in [1.165, 1.54) is 25.5 Å². The zero-order valence-corrected chi connectivity index (χ0v) is 10.8. The first-order valence-corrected chi connectivity index (χ1v) is 6.31. The van der Waals surface area contributed by atoms with Gasteiger partial charge in [-0.25, -0.2) is 9.78 Å². The lowest BCUT2D eigenvalue weighted by atomic mass is 9.73. The van der Waals surface area contributed by atoms with Gasteiger partial charge in [0, 0.05) is 6.04 Å². The fraction of sp³-hybridized carbons (Fsp3) is 0.615. The van der Waals surface area contributed by atoms with E-state index in [9.17, 15) is 4.79 Å². The van der Waals surface area contributed by atoms with Crippen LogP contribution < -0.4 is 5.32 Å². The van der Waals surface area contributed by atoms with Crippen molar-refractivity contribution in [2.24, 2.45) is 5.41 Å². The Morgan fingerprint density at radius 1 is 1.44 bits per heavy atom. The number of carboxylic acid groups (broad SMARTS) is 1. The normalized spacial score (nSPS) is 22.4. The quantitative estimate of drug-likeness (QED) is 0.861. The molecule has 2 rings (SSSR count). The molecule has 1 unspecified atom stereocenters. The average Bonchev–Trinajstić information content (AvgIpc) is 2.32. The Labute approximate surface area is 107 Å². The maximum absolute atomic E-state index is 10.8. The molecule has 0 spiro atoms.